The molecule has 0 radical (unpaired) electrons. The Bertz CT molecular complexity index is 424. The summed E-state index contributed by atoms with van der Waals surface area (Å²) in [6, 6.07) is 6.75. The van der Waals surface area contributed by atoms with E-state index in [0.717, 1.165) is 32.7 Å². The van der Waals surface area contributed by atoms with E-state index in [1.807, 2.05) is 12.3 Å². The van der Waals surface area contributed by atoms with Gasteiger partial charge in [-0.1, -0.05) is 13.0 Å². The topological polar surface area (TPSA) is 34.6 Å². The third kappa shape index (κ3) is 4.04. The molecular formula is C17H29N5. The summed E-state index contributed by atoms with van der Waals surface area (Å²) in [5, 5.41) is 3.46. The van der Waals surface area contributed by atoms with Gasteiger partial charge in [0.15, 0.2) is 0 Å². The summed E-state index contributed by atoms with van der Waals surface area (Å²) in [5.74, 6) is 0. The van der Waals surface area contributed by atoms with Gasteiger partial charge in [-0.15, -0.1) is 0 Å². The van der Waals surface area contributed by atoms with Crippen LogP contribution in [0.15, 0.2) is 24.4 Å². The van der Waals surface area contributed by atoms with Gasteiger partial charge in [-0.25, -0.2) is 0 Å². The van der Waals surface area contributed by atoms with E-state index in [9.17, 15) is 0 Å². The number of piperazine rings is 2. The lowest BCUT2D eigenvalue weighted by molar-refractivity contribution is 0.0841. The molecule has 2 saturated heterocycles. The Kier molecular flexibility index (Phi) is 5.78. The van der Waals surface area contributed by atoms with Crippen LogP contribution in [0.5, 0.6) is 0 Å². The zero-order chi connectivity index (χ0) is 15.2. The third-order valence-corrected chi connectivity index (χ3v) is 4.96. The van der Waals surface area contributed by atoms with Crippen LogP contribution in [0.25, 0.3) is 0 Å². The Morgan fingerprint density at radius 3 is 2.41 bits per heavy atom. The van der Waals surface area contributed by atoms with Crippen LogP contribution in [0.1, 0.15) is 18.7 Å². The molecular weight excluding hydrogens is 274 g/mol. The Morgan fingerprint density at radius 2 is 1.77 bits per heavy atom. The first kappa shape index (κ1) is 15.9. The fraction of sp³-hybridized carbons (Fsp3) is 0.706. The first-order valence-electron chi connectivity index (χ1n) is 8.67. The molecule has 5 nitrogen and oxygen atoms in total. The Hall–Kier alpha value is -1.01. The SMILES string of the molecule is CCN1CCN(CC(c2ccccn2)N2CCNCC2)CC1. The molecule has 0 bridgehead atoms. The zero-order valence-electron chi connectivity index (χ0n) is 13.7. The standard InChI is InChI=1S/C17H29N5/c1-2-20-11-13-21(14-12-20)15-17(16-5-3-4-6-19-16)22-9-7-18-8-10-22/h3-6,17-18H,2,7-15H2,1H3. The van der Waals surface area contributed by atoms with Crippen molar-refractivity contribution in [3.63, 3.8) is 0 Å². The molecule has 2 aliphatic rings. The highest BCUT2D eigenvalue weighted by atomic mass is 15.3. The van der Waals surface area contributed by atoms with E-state index in [1.165, 1.54) is 38.4 Å². The van der Waals surface area contributed by atoms with E-state index in [-0.39, 0.29) is 0 Å². The van der Waals surface area contributed by atoms with E-state index in [0.29, 0.717) is 6.04 Å². The number of hydrogen-bond donors (Lipinski definition) is 1. The molecule has 122 valence electrons. The predicted molar refractivity (Wildman–Crippen MR) is 90.0 cm³/mol. The second-order valence-corrected chi connectivity index (χ2v) is 6.29. The predicted octanol–water partition coefficient (Wildman–Crippen LogP) is 0.665. The van der Waals surface area contributed by atoms with Gasteiger partial charge >= 0.3 is 0 Å². The van der Waals surface area contributed by atoms with Gasteiger partial charge in [-0.05, 0) is 18.7 Å². The summed E-state index contributed by atoms with van der Waals surface area (Å²) in [4.78, 5) is 12.4. The van der Waals surface area contributed by atoms with Gasteiger partial charge in [0.25, 0.3) is 0 Å². The largest absolute Gasteiger partial charge is 0.314 e. The van der Waals surface area contributed by atoms with Crippen molar-refractivity contribution in [2.45, 2.75) is 13.0 Å². The number of nitrogens with zero attached hydrogens (tertiary/aromatic N) is 4. The minimum Gasteiger partial charge on any atom is -0.314 e. The third-order valence-electron chi connectivity index (χ3n) is 4.96. The molecule has 0 amide bonds. The molecule has 3 rings (SSSR count). The Balaban J connectivity index is 1.66. The van der Waals surface area contributed by atoms with Gasteiger partial charge in [0.2, 0.25) is 0 Å². The zero-order valence-corrected chi connectivity index (χ0v) is 13.7. The number of hydrogen-bond acceptors (Lipinski definition) is 5. The molecule has 3 heterocycles. The highest BCUT2D eigenvalue weighted by Gasteiger charge is 2.26. The van der Waals surface area contributed by atoms with E-state index in [1.54, 1.807) is 0 Å². The van der Waals surface area contributed by atoms with Gasteiger partial charge in [-0.3, -0.25) is 14.8 Å². The van der Waals surface area contributed by atoms with Crippen LogP contribution in [-0.2, 0) is 0 Å². The van der Waals surface area contributed by atoms with E-state index in [2.05, 4.69) is 44.1 Å². The van der Waals surface area contributed by atoms with Crippen LogP contribution in [0.4, 0.5) is 0 Å². The van der Waals surface area contributed by atoms with Crippen LogP contribution in [0.3, 0.4) is 0 Å². The lowest BCUT2D eigenvalue weighted by atomic mass is 10.1. The first-order chi connectivity index (χ1) is 10.9. The normalized spacial score (nSPS) is 23.5. The van der Waals surface area contributed by atoms with Crippen LogP contribution in [0, 0.1) is 0 Å². The molecule has 1 atom stereocenters. The molecule has 2 aliphatic heterocycles. The molecule has 1 unspecified atom stereocenters. The van der Waals surface area contributed by atoms with Crippen molar-refractivity contribution in [1.29, 1.82) is 0 Å². The summed E-state index contributed by atoms with van der Waals surface area (Å²) in [6.07, 6.45) is 1.93. The maximum absolute atomic E-state index is 4.65. The maximum Gasteiger partial charge on any atom is 0.0650 e. The molecule has 1 aromatic rings. The maximum atomic E-state index is 4.65. The lowest BCUT2D eigenvalue weighted by Crippen LogP contribution is -2.51. The molecule has 0 spiro atoms. The van der Waals surface area contributed by atoms with Crippen molar-refractivity contribution in [3.05, 3.63) is 30.1 Å². The van der Waals surface area contributed by atoms with E-state index in [4.69, 9.17) is 0 Å². The van der Waals surface area contributed by atoms with Crippen LogP contribution < -0.4 is 5.32 Å². The molecule has 0 aliphatic carbocycles. The summed E-state index contributed by atoms with van der Waals surface area (Å²) in [5.41, 5.74) is 1.22. The van der Waals surface area contributed by atoms with Gasteiger partial charge in [0.1, 0.15) is 0 Å². The molecule has 0 aromatic carbocycles. The fourth-order valence-corrected chi connectivity index (χ4v) is 3.50. The van der Waals surface area contributed by atoms with Crippen molar-refractivity contribution >= 4 is 0 Å². The molecule has 2 fully saturated rings. The monoisotopic (exact) mass is 303 g/mol. The number of rotatable bonds is 5. The average Bonchev–Trinajstić information content (AvgIpc) is 2.62. The second-order valence-electron chi connectivity index (χ2n) is 6.29. The van der Waals surface area contributed by atoms with Crippen LogP contribution in [-0.4, -0.2) is 85.1 Å². The Labute approximate surface area is 134 Å². The highest BCUT2D eigenvalue weighted by molar-refractivity contribution is 5.10. The number of pyridine rings is 1. The minimum absolute atomic E-state index is 0.427. The number of likely N-dealkylation sites (N-methyl/N-ethyl adjacent to an activating group) is 1. The highest BCUT2D eigenvalue weighted by Crippen LogP contribution is 2.21. The number of nitrogens with one attached hydrogen (secondary N) is 1. The molecule has 1 aromatic heterocycles. The van der Waals surface area contributed by atoms with Gasteiger partial charge in [0, 0.05) is 65.1 Å². The van der Waals surface area contributed by atoms with Gasteiger partial charge < -0.3 is 10.2 Å². The fourth-order valence-electron chi connectivity index (χ4n) is 3.50. The van der Waals surface area contributed by atoms with Crippen molar-refractivity contribution in [3.8, 4) is 0 Å². The summed E-state index contributed by atoms with van der Waals surface area (Å²) >= 11 is 0. The van der Waals surface area contributed by atoms with Gasteiger partial charge in [0.05, 0.1) is 11.7 Å². The van der Waals surface area contributed by atoms with Crippen molar-refractivity contribution in [2.75, 3.05) is 65.4 Å². The quantitative estimate of drug-likeness (QED) is 0.865. The van der Waals surface area contributed by atoms with Crippen molar-refractivity contribution in [1.82, 2.24) is 25.0 Å². The minimum atomic E-state index is 0.427. The van der Waals surface area contributed by atoms with E-state index < -0.39 is 0 Å². The van der Waals surface area contributed by atoms with Gasteiger partial charge in [-0.2, -0.15) is 0 Å². The molecule has 22 heavy (non-hydrogen) atoms. The summed E-state index contributed by atoms with van der Waals surface area (Å²) in [7, 11) is 0. The smallest absolute Gasteiger partial charge is 0.0650 e. The second kappa shape index (κ2) is 8.02. The Morgan fingerprint density at radius 1 is 1.05 bits per heavy atom. The first-order valence-corrected chi connectivity index (χ1v) is 8.67. The molecule has 5 heteroatoms. The summed E-state index contributed by atoms with van der Waals surface area (Å²) < 4.78 is 0. The molecule has 0 saturated carbocycles. The number of aromatic nitrogens is 1. The lowest BCUT2D eigenvalue weighted by Gasteiger charge is -2.40. The average molecular weight is 303 g/mol. The van der Waals surface area contributed by atoms with Crippen LogP contribution >= 0.6 is 0 Å². The van der Waals surface area contributed by atoms with Crippen LogP contribution in [0.2, 0.25) is 0 Å². The van der Waals surface area contributed by atoms with Crippen molar-refractivity contribution < 1.29 is 0 Å². The summed E-state index contributed by atoms with van der Waals surface area (Å²) in [6.45, 7) is 13.7. The van der Waals surface area contributed by atoms with E-state index >= 15 is 0 Å². The van der Waals surface area contributed by atoms with Crippen molar-refractivity contribution in [2.24, 2.45) is 0 Å². The molecule has 1 N–H and O–H groups in total.